The van der Waals surface area contributed by atoms with E-state index in [1.54, 1.807) is 0 Å². The van der Waals surface area contributed by atoms with Gasteiger partial charge in [0, 0.05) is 12.8 Å². The summed E-state index contributed by atoms with van der Waals surface area (Å²) < 4.78 is 33.3. The number of hydrogen-bond acceptors (Lipinski definition) is 15. The Morgan fingerprint density at radius 2 is 0.810 bits per heavy atom. The second kappa shape index (κ2) is 36.6. The summed E-state index contributed by atoms with van der Waals surface area (Å²) in [6.45, 7) is 2.47. The molecule has 2 saturated heterocycles. The molecule has 15 nitrogen and oxygen atoms in total. The molecular weight excluding hydrogens is 817 g/mol. The third kappa shape index (κ3) is 25.3. The Morgan fingerprint density at radius 1 is 0.444 bits per heavy atom. The number of unbranched alkanes of at least 4 members (excludes halogenated alkanes) is 25. The highest BCUT2D eigenvalue weighted by molar-refractivity contribution is 5.70. The van der Waals surface area contributed by atoms with Gasteiger partial charge in [0.2, 0.25) is 0 Å². The first-order valence-corrected chi connectivity index (χ1v) is 25.1. The fourth-order valence-electron chi connectivity index (χ4n) is 8.16. The molecule has 2 rings (SSSR count). The van der Waals surface area contributed by atoms with E-state index in [0.29, 0.717) is 12.8 Å². The Morgan fingerprint density at radius 3 is 1.25 bits per heavy atom. The first-order valence-electron chi connectivity index (χ1n) is 25.1. The summed E-state index contributed by atoms with van der Waals surface area (Å²) >= 11 is 0. The monoisotopic (exact) mass is 907 g/mol. The highest BCUT2D eigenvalue weighted by Crippen LogP contribution is 2.26. The van der Waals surface area contributed by atoms with Crippen LogP contribution >= 0.6 is 0 Å². The topological polar surface area (TPSA) is 231 Å². The number of rotatable bonds is 39. The molecule has 372 valence electrons. The van der Waals surface area contributed by atoms with Crippen LogP contribution in [-0.2, 0) is 38.0 Å². The molecule has 0 amide bonds. The minimum absolute atomic E-state index is 0.172. The third-order valence-electron chi connectivity index (χ3n) is 12.3. The van der Waals surface area contributed by atoms with Crippen LogP contribution in [0.1, 0.15) is 200 Å². The first-order chi connectivity index (χ1) is 30.5. The summed E-state index contributed by atoms with van der Waals surface area (Å²) in [6.07, 6.45) is 16.6. The van der Waals surface area contributed by atoms with Gasteiger partial charge < -0.3 is 64.2 Å². The molecule has 2 fully saturated rings. The van der Waals surface area contributed by atoms with E-state index in [-0.39, 0.29) is 26.1 Å². The number of ether oxygens (including phenoxy) is 6. The number of carbonyl (C=O) groups is 2. The van der Waals surface area contributed by atoms with E-state index < -0.39 is 92.7 Å². The molecule has 2 heterocycles. The molecule has 0 radical (unpaired) electrons. The fourth-order valence-corrected chi connectivity index (χ4v) is 8.16. The summed E-state index contributed by atoms with van der Waals surface area (Å²) in [4.78, 5) is 25.4. The van der Waals surface area contributed by atoms with Crippen molar-refractivity contribution in [3.05, 3.63) is 0 Å². The van der Waals surface area contributed by atoms with E-state index in [0.717, 1.165) is 38.5 Å². The summed E-state index contributed by atoms with van der Waals surface area (Å²) in [5.74, 6) is -0.933. The Hall–Kier alpha value is -1.50. The molecular formula is C48H90O15. The average Bonchev–Trinajstić information content (AvgIpc) is 3.28. The smallest absolute Gasteiger partial charge is 0.306 e. The summed E-state index contributed by atoms with van der Waals surface area (Å²) in [6, 6.07) is 0. The van der Waals surface area contributed by atoms with Crippen molar-refractivity contribution in [2.75, 3.05) is 26.4 Å². The minimum atomic E-state index is -1.76. The van der Waals surface area contributed by atoms with Crippen LogP contribution in [0.5, 0.6) is 0 Å². The summed E-state index contributed by atoms with van der Waals surface area (Å²) in [5, 5.41) is 71.7. The van der Waals surface area contributed by atoms with Crippen LogP contribution in [-0.4, -0.2) is 142 Å². The lowest BCUT2D eigenvalue weighted by atomic mass is 9.98. The van der Waals surface area contributed by atoms with Gasteiger partial charge in [-0.05, 0) is 12.8 Å². The van der Waals surface area contributed by atoms with Gasteiger partial charge in [0.05, 0.1) is 19.8 Å². The molecule has 0 aliphatic carbocycles. The van der Waals surface area contributed by atoms with Crippen molar-refractivity contribution in [1.29, 1.82) is 0 Å². The first kappa shape index (κ1) is 57.6. The van der Waals surface area contributed by atoms with Gasteiger partial charge in [0.15, 0.2) is 18.7 Å². The molecule has 0 aromatic rings. The van der Waals surface area contributed by atoms with E-state index in [9.17, 15) is 45.3 Å². The number of esters is 2. The van der Waals surface area contributed by atoms with Crippen LogP contribution in [0.15, 0.2) is 0 Å². The zero-order valence-corrected chi connectivity index (χ0v) is 39.1. The van der Waals surface area contributed by atoms with Gasteiger partial charge in [0.25, 0.3) is 0 Å². The predicted octanol–water partition coefficient (Wildman–Crippen LogP) is 6.43. The molecule has 0 aromatic heterocycles. The van der Waals surface area contributed by atoms with Gasteiger partial charge in [-0.15, -0.1) is 0 Å². The zero-order valence-electron chi connectivity index (χ0n) is 39.1. The zero-order chi connectivity index (χ0) is 46.1. The van der Waals surface area contributed by atoms with Crippen LogP contribution < -0.4 is 0 Å². The lowest BCUT2D eigenvalue weighted by Crippen LogP contribution is -2.61. The molecule has 11 unspecified atom stereocenters. The highest BCUT2D eigenvalue weighted by Gasteiger charge is 2.47. The molecule has 7 N–H and O–H groups in total. The van der Waals surface area contributed by atoms with Crippen molar-refractivity contribution in [2.24, 2.45) is 0 Å². The molecule has 63 heavy (non-hydrogen) atoms. The molecule has 2 aliphatic heterocycles. The Kier molecular flexibility index (Phi) is 33.5. The van der Waals surface area contributed by atoms with Crippen molar-refractivity contribution < 1.29 is 73.8 Å². The molecule has 2 aliphatic rings. The predicted molar refractivity (Wildman–Crippen MR) is 238 cm³/mol. The number of carbonyl (C=O) groups excluding carboxylic acids is 2. The van der Waals surface area contributed by atoms with Crippen LogP contribution in [0.2, 0.25) is 0 Å². The number of aliphatic hydroxyl groups is 7. The summed E-state index contributed by atoms with van der Waals surface area (Å²) in [7, 11) is 0. The Balaban J connectivity index is 1.66. The van der Waals surface area contributed by atoms with Gasteiger partial charge in [-0.3, -0.25) is 9.59 Å². The van der Waals surface area contributed by atoms with Crippen molar-refractivity contribution >= 4 is 11.9 Å². The third-order valence-corrected chi connectivity index (χ3v) is 12.3. The number of hydrogen-bond donors (Lipinski definition) is 7. The Bertz CT molecular complexity index is 1110. The van der Waals surface area contributed by atoms with Crippen LogP contribution in [0.25, 0.3) is 0 Å². The van der Waals surface area contributed by atoms with Crippen molar-refractivity contribution in [3.63, 3.8) is 0 Å². The van der Waals surface area contributed by atoms with Gasteiger partial charge in [0.1, 0.15) is 55.4 Å². The average molecular weight is 907 g/mol. The van der Waals surface area contributed by atoms with Crippen LogP contribution in [0.4, 0.5) is 0 Å². The van der Waals surface area contributed by atoms with E-state index in [1.165, 1.54) is 122 Å². The van der Waals surface area contributed by atoms with E-state index in [2.05, 4.69) is 13.8 Å². The molecule has 0 saturated carbocycles. The maximum Gasteiger partial charge on any atom is 0.306 e. The number of aliphatic hydroxyl groups excluding tert-OH is 7. The van der Waals surface area contributed by atoms with E-state index >= 15 is 0 Å². The highest BCUT2D eigenvalue weighted by atomic mass is 16.7. The van der Waals surface area contributed by atoms with Crippen molar-refractivity contribution in [1.82, 2.24) is 0 Å². The maximum absolute atomic E-state index is 12.9. The van der Waals surface area contributed by atoms with Crippen LogP contribution in [0, 0.1) is 0 Å². The molecule has 0 aromatic carbocycles. The molecule has 11 atom stereocenters. The van der Waals surface area contributed by atoms with Gasteiger partial charge in [-0.25, -0.2) is 0 Å². The van der Waals surface area contributed by atoms with Gasteiger partial charge >= 0.3 is 11.9 Å². The fraction of sp³-hybridized carbons (Fsp3) is 0.958. The van der Waals surface area contributed by atoms with Crippen molar-refractivity contribution in [2.45, 2.75) is 268 Å². The van der Waals surface area contributed by atoms with Crippen molar-refractivity contribution in [3.8, 4) is 0 Å². The van der Waals surface area contributed by atoms with Gasteiger partial charge in [-0.1, -0.05) is 174 Å². The van der Waals surface area contributed by atoms with Gasteiger partial charge in [-0.2, -0.15) is 0 Å². The molecule has 0 spiro atoms. The summed E-state index contributed by atoms with van der Waals surface area (Å²) in [5.41, 5.74) is 0. The lowest BCUT2D eigenvalue weighted by molar-refractivity contribution is -0.332. The molecule has 15 heteroatoms. The van der Waals surface area contributed by atoms with E-state index in [1.807, 2.05) is 0 Å². The maximum atomic E-state index is 12.9. The molecule has 0 bridgehead atoms. The Labute approximate surface area is 378 Å². The second-order valence-electron chi connectivity index (χ2n) is 18.0. The second-order valence-corrected chi connectivity index (χ2v) is 18.0. The standard InChI is InChI=1S/C48H90O15/c1-3-5-7-9-10-11-12-13-14-15-16-17-18-19-20-21-22-23-24-25-26-27-29-31-40(51)61-36(33-58-39(50)30-28-8-6-4-2)34-59-47-46(57)44(55)42(53)38(63-47)35-60-48-45(56)43(54)41(52)37(32-49)62-48/h36-38,41-49,52-57H,3-35H2,1-2H3. The minimum Gasteiger partial charge on any atom is -0.462 e. The van der Waals surface area contributed by atoms with E-state index in [4.69, 9.17) is 28.4 Å². The SMILES string of the molecule is CCCCCCCCCCCCCCCCCCCCCCCCCC(=O)OC(COC(=O)CCCCCC)COC1OC(COC2OC(CO)C(O)C(O)C2O)C(O)C(O)C1O. The quantitative estimate of drug-likeness (QED) is 0.0260. The normalized spacial score (nSPS) is 26.7. The largest absolute Gasteiger partial charge is 0.462 e. The lowest BCUT2D eigenvalue weighted by Gasteiger charge is -2.42. The van der Waals surface area contributed by atoms with Crippen LogP contribution in [0.3, 0.4) is 0 Å².